The number of hydrogen-bond acceptors (Lipinski definition) is 4. The summed E-state index contributed by atoms with van der Waals surface area (Å²) < 4.78 is 0. The number of nitrogens with one attached hydrogen (secondary N) is 2. The molecule has 128 valence electrons. The van der Waals surface area contributed by atoms with Crippen LogP contribution in [0, 0.1) is 0 Å². The predicted octanol–water partition coefficient (Wildman–Crippen LogP) is 4.35. The van der Waals surface area contributed by atoms with Crippen molar-refractivity contribution >= 4 is 23.6 Å². The number of benzene rings is 2. The van der Waals surface area contributed by atoms with Gasteiger partial charge < -0.3 is 10.6 Å². The summed E-state index contributed by atoms with van der Waals surface area (Å²) in [5, 5.41) is 6.27. The van der Waals surface area contributed by atoms with E-state index < -0.39 is 0 Å². The highest BCUT2D eigenvalue weighted by atomic mass is 14.8. The van der Waals surface area contributed by atoms with Gasteiger partial charge in [-0.05, 0) is 11.1 Å². The number of aliphatic imine (C=N–C) groups is 2. The minimum Gasteiger partial charge on any atom is -0.366 e. The van der Waals surface area contributed by atoms with Crippen LogP contribution in [-0.2, 0) is 0 Å². The summed E-state index contributed by atoms with van der Waals surface area (Å²) in [7, 11) is 0. The fourth-order valence-electron chi connectivity index (χ4n) is 2.35. The quantitative estimate of drug-likeness (QED) is 0.854. The van der Waals surface area contributed by atoms with E-state index in [2.05, 4.69) is 20.6 Å². The first-order valence-electron chi connectivity index (χ1n) is 8.33. The molecule has 2 N–H and O–H groups in total. The van der Waals surface area contributed by atoms with E-state index in [1.54, 1.807) is 24.8 Å². The van der Waals surface area contributed by atoms with Gasteiger partial charge in [0.1, 0.15) is 0 Å². The molecule has 0 saturated heterocycles. The number of rotatable bonds is 2. The molecule has 26 heavy (non-hydrogen) atoms. The van der Waals surface area contributed by atoms with Crippen LogP contribution in [0.2, 0.25) is 0 Å². The Labute approximate surface area is 153 Å². The van der Waals surface area contributed by atoms with E-state index in [1.807, 2.05) is 85.5 Å². The Morgan fingerprint density at radius 1 is 0.538 bits per heavy atom. The zero-order valence-corrected chi connectivity index (χ0v) is 14.3. The molecule has 0 saturated carbocycles. The molecule has 0 amide bonds. The molecule has 1 heterocycles. The molecule has 3 rings (SSSR count). The second-order valence-electron chi connectivity index (χ2n) is 5.45. The van der Waals surface area contributed by atoms with Crippen molar-refractivity contribution in [2.45, 2.75) is 0 Å². The Balaban J connectivity index is 1.82. The fourth-order valence-corrected chi connectivity index (χ4v) is 2.35. The van der Waals surface area contributed by atoms with Crippen LogP contribution >= 0.6 is 0 Å². The predicted molar refractivity (Wildman–Crippen MR) is 110 cm³/mol. The van der Waals surface area contributed by atoms with Gasteiger partial charge in [-0.1, -0.05) is 60.7 Å². The Morgan fingerprint density at radius 2 is 0.962 bits per heavy atom. The Kier molecular flexibility index (Phi) is 6.33. The third-order valence-electron chi connectivity index (χ3n) is 3.63. The zero-order valence-electron chi connectivity index (χ0n) is 14.3. The molecule has 1 aliphatic heterocycles. The van der Waals surface area contributed by atoms with E-state index in [-0.39, 0.29) is 0 Å². The maximum atomic E-state index is 4.35. The molecule has 0 bridgehead atoms. The smallest absolute Gasteiger partial charge is 0.0428 e. The Bertz CT molecular complexity index is 797. The van der Waals surface area contributed by atoms with E-state index in [4.69, 9.17) is 0 Å². The summed E-state index contributed by atoms with van der Waals surface area (Å²) in [6, 6.07) is 20.2. The van der Waals surface area contributed by atoms with Crippen molar-refractivity contribution in [1.29, 1.82) is 0 Å². The lowest BCUT2D eigenvalue weighted by Crippen LogP contribution is -1.99. The van der Waals surface area contributed by atoms with Crippen LogP contribution in [-0.4, -0.2) is 12.4 Å². The average molecular weight is 340 g/mol. The first-order valence-corrected chi connectivity index (χ1v) is 8.33. The molecule has 4 heteroatoms. The minimum absolute atomic E-state index is 0.974. The first kappa shape index (κ1) is 17.2. The summed E-state index contributed by atoms with van der Waals surface area (Å²) >= 11 is 0. The molecule has 0 aromatic heterocycles. The Hall–Kier alpha value is -3.66. The SMILES string of the molecule is C1=CNC=C(c2ccccc2)C=NC=CNC=C(c2ccccc2)C=N1. The first-order chi connectivity index (χ1) is 12.9. The van der Waals surface area contributed by atoms with Crippen molar-refractivity contribution in [2.24, 2.45) is 9.98 Å². The van der Waals surface area contributed by atoms with Crippen molar-refractivity contribution < 1.29 is 0 Å². The standard InChI is InChI=1S/C22H20N4/c1-3-7-19(8-4-1)21-15-23-11-13-25-17-22(18-26-14-12-24-16-21)20-9-5-2-6-10-20/h1-18,23,26H. The van der Waals surface area contributed by atoms with Crippen molar-refractivity contribution in [1.82, 2.24) is 10.6 Å². The monoisotopic (exact) mass is 340 g/mol. The molecular weight excluding hydrogens is 320 g/mol. The highest BCUT2D eigenvalue weighted by Crippen LogP contribution is 2.12. The second-order valence-corrected chi connectivity index (χ2v) is 5.45. The molecule has 1 aliphatic rings. The molecule has 0 atom stereocenters. The molecule has 0 unspecified atom stereocenters. The minimum atomic E-state index is 0.974. The van der Waals surface area contributed by atoms with Gasteiger partial charge in [0.25, 0.3) is 0 Å². The van der Waals surface area contributed by atoms with E-state index in [9.17, 15) is 0 Å². The van der Waals surface area contributed by atoms with Gasteiger partial charge in [-0.2, -0.15) is 0 Å². The van der Waals surface area contributed by atoms with Crippen molar-refractivity contribution in [3.05, 3.63) is 109 Å². The second kappa shape index (κ2) is 9.59. The molecule has 0 aliphatic carbocycles. The van der Waals surface area contributed by atoms with E-state index in [1.165, 1.54) is 0 Å². The van der Waals surface area contributed by atoms with Crippen LogP contribution in [0.25, 0.3) is 11.1 Å². The highest BCUT2D eigenvalue weighted by Gasteiger charge is 1.98. The highest BCUT2D eigenvalue weighted by molar-refractivity contribution is 6.10. The number of hydrogen-bond donors (Lipinski definition) is 2. The molecule has 4 nitrogen and oxygen atoms in total. The summed E-state index contributed by atoms with van der Waals surface area (Å²) in [6.45, 7) is 0. The van der Waals surface area contributed by atoms with Gasteiger partial charge in [0.05, 0.1) is 0 Å². The average Bonchev–Trinajstić information content (AvgIpc) is 2.71. The molecule has 0 fully saturated rings. The van der Waals surface area contributed by atoms with Gasteiger partial charge in [-0.25, -0.2) is 0 Å². The van der Waals surface area contributed by atoms with E-state index in [0.717, 1.165) is 22.3 Å². The van der Waals surface area contributed by atoms with Crippen LogP contribution in [0.15, 0.2) is 108 Å². The van der Waals surface area contributed by atoms with Gasteiger partial charge in [-0.15, -0.1) is 0 Å². The lowest BCUT2D eigenvalue weighted by Gasteiger charge is -2.03. The normalized spacial score (nSPS) is 14.6. The summed E-state index contributed by atoms with van der Waals surface area (Å²) in [6.07, 6.45) is 14.4. The van der Waals surface area contributed by atoms with Gasteiger partial charge >= 0.3 is 0 Å². The van der Waals surface area contributed by atoms with Crippen LogP contribution in [0.1, 0.15) is 11.1 Å². The molecule has 0 radical (unpaired) electrons. The van der Waals surface area contributed by atoms with E-state index >= 15 is 0 Å². The Morgan fingerprint density at radius 3 is 1.38 bits per heavy atom. The molecule has 2 aromatic carbocycles. The van der Waals surface area contributed by atoms with Crippen molar-refractivity contribution in [3.63, 3.8) is 0 Å². The van der Waals surface area contributed by atoms with Crippen LogP contribution in [0.4, 0.5) is 0 Å². The van der Waals surface area contributed by atoms with Gasteiger partial charge in [0.15, 0.2) is 0 Å². The topological polar surface area (TPSA) is 48.8 Å². The third kappa shape index (κ3) is 5.18. The number of allylic oxidation sites excluding steroid dienone is 2. The van der Waals surface area contributed by atoms with Gasteiger partial charge in [0, 0.05) is 60.8 Å². The van der Waals surface area contributed by atoms with Crippen LogP contribution in [0.3, 0.4) is 0 Å². The van der Waals surface area contributed by atoms with Gasteiger partial charge in [-0.3, -0.25) is 9.98 Å². The van der Waals surface area contributed by atoms with Gasteiger partial charge in [0.2, 0.25) is 0 Å². The summed E-state index contributed by atoms with van der Waals surface area (Å²) in [4.78, 5) is 8.70. The number of nitrogens with zero attached hydrogens (tertiary/aromatic N) is 2. The largest absolute Gasteiger partial charge is 0.366 e. The van der Waals surface area contributed by atoms with Crippen molar-refractivity contribution in [3.8, 4) is 0 Å². The maximum Gasteiger partial charge on any atom is 0.0428 e. The van der Waals surface area contributed by atoms with Crippen LogP contribution < -0.4 is 10.6 Å². The van der Waals surface area contributed by atoms with E-state index in [0.29, 0.717) is 0 Å². The summed E-state index contributed by atoms with van der Waals surface area (Å²) in [5.41, 5.74) is 4.11. The molecular formula is C22H20N4. The zero-order chi connectivity index (χ0) is 17.9. The maximum absolute atomic E-state index is 4.35. The van der Waals surface area contributed by atoms with Crippen molar-refractivity contribution in [2.75, 3.05) is 0 Å². The van der Waals surface area contributed by atoms with Crippen LogP contribution in [0.5, 0.6) is 0 Å². The fraction of sp³-hybridized carbons (Fsp3) is 0. The summed E-state index contributed by atoms with van der Waals surface area (Å²) in [5.74, 6) is 0. The lowest BCUT2D eigenvalue weighted by molar-refractivity contribution is 1.18. The molecule has 2 aromatic rings. The third-order valence-corrected chi connectivity index (χ3v) is 3.63. The lowest BCUT2D eigenvalue weighted by atomic mass is 10.1. The molecule has 0 spiro atoms.